The largest absolute Gasteiger partial charge is 0.339 e. The second-order valence-electron chi connectivity index (χ2n) is 5.38. The summed E-state index contributed by atoms with van der Waals surface area (Å²) in [6.45, 7) is 7.08. The number of aryl methyl sites for hydroxylation is 1. The molecule has 1 aliphatic heterocycles. The first-order valence-corrected chi connectivity index (χ1v) is 6.95. The van der Waals surface area contributed by atoms with Gasteiger partial charge in [-0.2, -0.15) is 5.10 Å². The maximum absolute atomic E-state index is 4.51. The molecule has 0 aromatic carbocycles. The monoisotopic (exact) mass is 269 g/mol. The number of rotatable bonds is 3. The number of nitrogens with one attached hydrogen (secondary N) is 1. The number of hydrogen-bond acceptors (Lipinski definition) is 4. The molecule has 0 unspecified atom stereocenters. The van der Waals surface area contributed by atoms with Crippen molar-refractivity contribution in [3.8, 4) is 0 Å². The minimum Gasteiger partial charge on any atom is -0.339 e. The van der Waals surface area contributed by atoms with E-state index < -0.39 is 0 Å². The minimum atomic E-state index is 0.318. The number of aromatic nitrogens is 3. The molecule has 3 heterocycles. The molecule has 1 N–H and O–H groups in total. The van der Waals surface area contributed by atoms with Crippen molar-refractivity contribution in [2.24, 2.45) is 4.99 Å². The summed E-state index contributed by atoms with van der Waals surface area (Å²) in [5.41, 5.74) is 4.21. The van der Waals surface area contributed by atoms with Gasteiger partial charge < -0.3 is 5.32 Å². The van der Waals surface area contributed by atoms with Crippen molar-refractivity contribution in [1.82, 2.24) is 14.8 Å². The quantitative estimate of drug-likeness (QED) is 0.932. The van der Waals surface area contributed by atoms with Crippen LogP contribution in [0.15, 0.2) is 23.3 Å². The van der Waals surface area contributed by atoms with Crippen LogP contribution >= 0.6 is 0 Å². The van der Waals surface area contributed by atoms with Gasteiger partial charge in [0, 0.05) is 36.9 Å². The molecule has 5 nitrogen and oxygen atoms in total. The van der Waals surface area contributed by atoms with E-state index in [1.54, 1.807) is 0 Å². The van der Waals surface area contributed by atoms with Crippen LogP contribution in [0, 0.1) is 6.92 Å². The number of hydrogen-bond donors (Lipinski definition) is 1. The van der Waals surface area contributed by atoms with Gasteiger partial charge in [0.25, 0.3) is 0 Å². The Morgan fingerprint density at radius 3 is 2.95 bits per heavy atom. The Kier molecular flexibility index (Phi) is 3.26. The highest BCUT2D eigenvalue weighted by molar-refractivity contribution is 5.84. The average Bonchev–Trinajstić information content (AvgIpc) is 2.80. The molecule has 104 valence electrons. The smallest absolute Gasteiger partial charge is 0.129 e. The standard InChI is InChI=1S/C15H19N5/c1-10(2)20-15(6-11(3)19-20)18-13-7-12-8-16-5-4-14(12)17-9-13/h6-10,18H,4-5H2,1-3H3. The van der Waals surface area contributed by atoms with Crippen LogP contribution in [0.25, 0.3) is 0 Å². The molecule has 0 saturated carbocycles. The lowest BCUT2D eigenvalue weighted by molar-refractivity contribution is 0.536. The summed E-state index contributed by atoms with van der Waals surface area (Å²) < 4.78 is 1.99. The van der Waals surface area contributed by atoms with E-state index in [1.165, 1.54) is 0 Å². The number of nitrogens with zero attached hydrogens (tertiary/aromatic N) is 4. The predicted molar refractivity (Wildman–Crippen MR) is 81.0 cm³/mol. The van der Waals surface area contributed by atoms with Crippen LogP contribution in [0.5, 0.6) is 0 Å². The molecular formula is C15H19N5. The molecule has 0 aliphatic carbocycles. The lowest BCUT2D eigenvalue weighted by Gasteiger charge is -2.14. The van der Waals surface area contributed by atoms with Crippen molar-refractivity contribution in [3.05, 3.63) is 35.3 Å². The van der Waals surface area contributed by atoms with Crippen LogP contribution in [0.2, 0.25) is 0 Å². The summed E-state index contributed by atoms with van der Waals surface area (Å²) in [5, 5.41) is 7.90. The number of fused-ring (bicyclic) bond motifs is 1. The van der Waals surface area contributed by atoms with E-state index in [4.69, 9.17) is 0 Å². The van der Waals surface area contributed by atoms with E-state index in [0.717, 1.165) is 41.4 Å². The van der Waals surface area contributed by atoms with Crippen molar-refractivity contribution in [2.75, 3.05) is 11.9 Å². The van der Waals surface area contributed by atoms with Crippen LogP contribution in [-0.2, 0) is 6.42 Å². The first-order valence-electron chi connectivity index (χ1n) is 6.95. The van der Waals surface area contributed by atoms with Gasteiger partial charge in [-0.05, 0) is 26.8 Å². The van der Waals surface area contributed by atoms with Crippen molar-refractivity contribution >= 4 is 17.7 Å². The van der Waals surface area contributed by atoms with Crippen LogP contribution in [0.1, 0.15) is 36.8 Å². The molecule has 0 amide bonds. The van der Waals surface area contributed by atoms with Gasteiger partial charge in [-0.1, -0.05) is 0 Å². The molecule has 1 aliphatic rings. The Balaban J connectivity index is 1.90. The fraction of sp³-hybridized carbons (Fsp3) is 0.400. The second kappa shape index (κ2) is 5.07. The van der Waals surface area contributed by atoms with E-state index in [1.807, 2.05) is 30.1 Å². The Hall–Kier alpha value is -2.17. The van der Waals surface area contributed by atoms with E-state index >= 15 is 0 Å². The van der Waals surface area contributed by atoms with Crippen LogP contribution < -0.4 is 5.32 Å². The second-order valence-corrected chi connectivity index (χ2v) is 5.38. The summed E-state index contributed by atoms with van der Waals surface area (Å²) in [6.07, 6.45) is 4.71. The average molecular weight is 269 g/mol. The van der Waals surface area contributed by atoms with E-state index in [0.29, 0.717) is 6.04 Å². The normalized spacial score (nSPS) is 13.6. The Morgan fingerprint density at radius 1 is 1.30 bits per heavy atom. The zero-order valence-electron chi connectivity index (χ0n) is 12.1. The molecule has 0 radical (unpaired) electrons. The first-order chi connectivity index (χ1) is 9.63. The van der Waals surface area contributed by atoms with Gasteiger partial charge in [-0.3, -0.25) is 9.98 Å². The topological polar surface area (TPSA) is 55.1 Å². The number of aliphatic imine (C=N–C) groups is 1. The molecule has 0 atom stereocenters. The highest BCUT2D eigenvalue weighted by Crippen LogP contribution is 2.22. The Labute approximate surface area is 118 Å². The van der Waals surface area contributed by atoms with Gasteiger partial charge in [0.1, 0.15) is 5.82 Å². The predicted octanol–water partition coefficient (Wildman–Crippen LogP) is 2.89. The van der Waals surface area contributed by atoms with Crippen molar-refractivity contribution in [3.63, 3.8) is 0 Å². The van der Waals surface area contributed by atoms with Crippen molar-refractivity contribution in [2.45, 2.75) is 33.2 Å². The van der Waals surface area contributed by atoms with Crippen LogP contribution in [0.3, 0.4) is 0 Å². The molecule has 3 rings (SSSR count). The zero-order valence-corrected chi connectivity index (χ0v) is 12.1. The molecule has 5 heteroatoms. The van der Waals surface area contributed by atoms with Crippen molar-refractivity contribution in [1.29, 1.82) is 0 Å². The molecule has 2 aromatic heterocycles. The fourth-order valence-electron chi connectivity index (χ4n) is 2.38. The highest BCUT2D eigenvalue weighted by Gasteiger charge is 2.11. The molecule has 0 bridgehead atoms. The molecule has 0 fully saturated rings. The summed E-state index contributed by atoms with van der Waals surface area (Å²) in [7, 11) is 0. The summed E-state index contributed by atoms with van der Waals surface area (Å²) in [5.74, 6) is 0.993. The maximum Gasteiger partial charge on any atom is 0.129 e. The van der Waals surface area contributed by atoms with Gasteiger partial charge in [0.15, 0.2) is 0 Å². The van der Waals surface area contributed by atoms with Crippen molar-refractivity contribution < 1.29 is 0 Å². The summed E-state index contributed by atoms with van der Waals surface area (Å²) in [4.78, 5) is 8.82. The van der Waals surface area contributed by atoms with Gasteiger partial charge in [0.2, 0.25) is 0 Å². The fourth-order valence-corrected chi connectivity index (χ4v) is 2.38. The molecule has 0 saturated heterocycles. The Morgan fingerprint density at radius 2 is 2.15 bits per heavy atom. The molecule has 0 spiro atoms. The van der Waals surface area contributed by atoms with Gasteiger partial charge in [-0.25, -0.2) is 4.68 Å². The molecule has 20 heavy (non-hydrogen) atoms. The van der Waals surface area contributed by atoms with Gasteiger partial charge in [0.05, 0.1) is 23.3 Å². The lowest BCUT2D eigenvalue weighted by Crippen LogP contribution is -2.09. The third kappa shape index (κ3) is 2.43. The molecular weight excluding hydrogens is 250 g/mol. The van der Waals surface area contributed by atoms with Gasteiger partial charge in [-0.15, -0.1) is 0 Å². The third-order valence-corrected chi connectivity index (χ3v) is 3.33. The van der Waals surface area contributed by atoms with E-state index in [2.05, 4.69) is 40.3 Å². The Bertz CT molecular complexity index is 654. The maximum atomic E-state index is 4.51. The minimum absolute atomic E-state index is 0.318. The first kappa shape index (κ1) is 12.8. The van der Waals surface area contributed by atoms with Crippen LogP contribution in [-0.4, -0.2) is 27.5 Å². The van der Waals surface area contributed by atoms with Gasteiger partial charge >= 0.3 is 0 Å². The zero-order chi connectivity index (χ0) is 14.1. The summed E-state index contributed by atoms with van der Waals surface area (Å²) in [6, 6.07) is 4.46. The number of anilines is 2. The summed E-state index contributed by atoms with van der Waals surface area (Å²) >= 11 is 0. The number of pyridine rings is 1. The lowest BCUT2D eigenvalue weighted by atomic mass is 10.1. The third-order valence-electron chi connectivity index (χ3n) is 3.33. The molecule has 2 aromatic rings. The van der Waals surface area contributed by atoms with Crippen LogP contribution in [0.4, 0.5) is 11.5 Å². The van der Waals surface area contributed by atoms with E-state index in [9.17, 15) is 0 Å². The highest BCUT2D eigenvalue weighted by atomic mass is 15.3. The van der Waals surface area contributed by atoms with E-state index in [-0.39, 0.29) is 0 Å². The SMILES string of the molecule is Cc1cc(Nc2cnc3c(c2)C=NCC3)n(C(C)C)n1.